The highest BCUT2D eigenvalue weighted by molar-refractivity contribution is 7.99. The zero-order valence-electron chi connectivity index (χ0n) is 20.8. The number of hydrogen-bond acceptors (Lipinski definition) is 6. The highest BCUT2D eigenvalue weighted by Gasteiger charge is 2.19. The normalized spacial score (nSPS) is 11.6. The van der Waals surface area contributed by atoms with Crippen LogP contribution in [-0.2, 0) is 10.2 Å². The molecule has 0 aliphatic rings. The number of methoxy groups -OCH3 is 1. The van der Waals surface area contributed by atoms with E-state index in [-0.39, 0.29) is 17.1 Å². The van der Waals surface area contributed by atoms with Gasteiger partial charge in [-0.1, -0.05) is 75.0 Å². The first-order valence-corrected chi connectivity index (χ1v) is 12.5. The Hall–Kier alpha value is -3.91. The lowest BCUT2D eigenvalue weighted by atomic mass is 9.87. The van der Waals surface area contributed by atoms with Crippen LogP contribution < -0.4 is 10.2 Å². The van der Waals surface area contributed by atoms with E-state index in [4.69, 9.17) is 4.74 Å². The topological polar surface area (TPSA) is 81.4 Å². The van der Waals surface area contributed by atoms with Gasteiger partial charge in [0.15, 0.2) is 11.0 Å². The number of carbonyl (C=O) groups excluding carboxylic acids is 1. The van der Waals surface area contributed by atoms with E-state index in [2.05, 4.69) is 65.8 Å². The Balaban J connectivity index is 1.49. The van der Waals surface area contributed by atoms with Crippen molar-refractivity contribution in [2.45, 2.75) is 31.3 Å². The molecule has 8 heteroatoms. The third kappa shape index (κ3) is 6.20. The van der Waals surface area contributed by atoms with Crippen LogP contribution in [0, 0.1) is 0 Å². The Kier molecular flexibility index (Phi) is 7.85. The molecular weight excluding hydrogens is 470 g/mol. The van der Waals surface area contributed by atoms with E-state index in [1.807, 2.05) is 59.2 Å². The Morgan fingerprint density at radius 2 is 1.69 bits per heavy atom. The highest BCUT2D eigenvalue weighted by atomic mass is 32.2. The van der Waals surface area contributed by atoms with Gasteiger partial charge in [-0.2, -0.15) is 5.10 Å². The number of benzene rings is 3. The monoisotopic (exact) mass is 499 g/mol. The molecule has 1 heterocycles. The standard InChI is InChI=1S/C28H29N5O2S/c1-28(2,3)22-14-12-21(13-15-22)26-31-32-27(33(26)23-8-6-5-7-9-23)36-19-25(34)30-29-18-20-10-16-24(35-4)17-11-20/h5-18H,19H2,1-4H3,(H,30,34). The van der Waals surface area contributed by atoms with Gasteiger partial charge in [0, 0.05) is 11.3 Å². The average Bonchev–Trinajstić information content (AvgIpc) is 3.32. The molecule has 0 spiro atoms. The summed E-state index contributed by atoms with van der Waals surface area (Å²) in [6.45, 7) is 6.57. The van der Waals surface area contributed by atoms with Gasteiger partial charge in [0.2, 0.25) is 0 Å². The second-order valence-electron chi connectivity index (χ2n) is 9.16. The molecule has 1 amide bonds. The second kappa shape index (κ2) is 11.2. The lowest BCUT2D eigenvalue weighted by Crippen LogP contribution is -2.20. The molecule has 36 heavy (non-hydrogen) atoms. The van der Waals surface area contributed by atoms with Gasteiger partial charge in [-0.3, -0.25) is 9.36 Å². The fraction of sp³-hybridized carbons (Fsp3) is 0.214. The van der Waals surface area contributed by atoms with Crippen molar-refractivity contribution in [1.82, 2.24) is 20.2 Å². The summed E-state index contributed by atoms with van der Waals surface area (Å²) in [5.74, 6) is 1.40. The first-order valence-electron chi connectivity index (χ1n) is 11.6. The smallest absolute Gasteiger partial charge is 0.250 e. The summed E-state index contributed by atoms with van der Waals surface area (Å²) >= 11 is 1.31. The molecule has 0 aliphatic carbocycles. The van der Waals surface area contributed by atoms with Crippen LogP contribution >= 0.6 is 11.8 Å². The number of hydrazone groups is 1. The summed E-state index contributed by atoms with van der Waals surface area (Å²) in [4.78, 5) is 12.4. The third-order valence-corrected chi connectivity index (χ3v) is 6.44. The summed E-state index contributed by atoms with van der Waals surface area (Å²) in [5.41, 5.74) is 6.63. The van der Waals surface area contributed by atoms with Crippen LogP contribution in [0.1, 0.15) is 31.9 Å². The van der Waals surface area contributed by atoms with Crippen molar-refractivity contribution in [3.05, 3.63) is 90.0 Å². The minimum atomic E-state index is -0.233. The van der Waals surface area contributed by atoms with Gasteiger partial charge in [-0.15, -0.1) is 10.2 Å². The number of ether oxygens (including phenoxy) is 1. The zero-order valence-corrected chi connectivity index (χ0v) is 21.6. The van der Waals surface area contributed by atoms with E-state index in [1.165, 1.54) is 17.3 Å². The van der Waals surface area contributed by atoms with Gasteiger partial charge in [0.1, 0.15) is 5.75 Å². The van der Waals surface area contributed by atoms with Crippen LogP contribution in [0.3, 0.4) is 0 Å². The molecule has 7 nitrogen and oxygen atoms in total. The molecule has 0 saturated carbocycles. The fourth-order valence-electron chi connectivity index (χ4n) is 3.51. The van der Waals surface area contributed by atoms with Gasteiger partial charge >= 0.3 is 0 Å². The molecule has 0 saturated heterocycles. The molecule has 0 atom stereocenters. The van der Waals surface area contributed by atoms with Crippen molar-refractivity contribution in [2.24, 2.45) is 5.10 Å². The number of rotatable bonds is 8. The lowest BCUT2D eigenvalue weighted by molar-refractivity contribution is -0.118. The van der Waals surface area contributed by atoms with Gasteiger partial charge < -0.3 is 4.74 Å². The molecule has 1 N–H and O–H groups in total. The minimum Gasteiger partial charge on any atom is -0.497 e. The number of nitrogens with one attached hydrogen (secondary N) is 1. The Labute approximate surface area is 215 Å². The maximum atomic E-state index is 12.4. The van der Waals surface area contributed by atoms with Crippen molar-refractivity contribution in [1.29, 1.82) is 0 Å². The quantitative estimate of drug-likeness (QED) is 0.197. The SMILES string of the molecule is COc1ccc(C=NNC(=O)CSc2nnc(-c3ccc(C(C)(C)C)cc3)n2-c2ccccc2)cc1. The zero-order chi connectivity index (χ0) is 25.5. The van der Waals surface area contributed by atoms with E-state index >= 15 is 0 Å². The average molecular weight is 500 g/mol. The molecule has 0 unspecified atom stereocenters. The van der Waals surface area contributed by atoms with Crippen LogP contribution in [0.5, 0.6) is 5.75 Å². The molecule has 0 fully saturated rings. The predicted octanol–water partition coefficient (Wildman–Crippen LogP) is 5.48. The van der Waals surface area contributed by atoms with Crippen LogP contribution in [-0.4, -0.2) is 39.7 Å². The Morgan fingerprint density at radius 3 is 2.33 bits per heavy atom. The van der Waals surface area contributed by atoms with Crippen LogP contribution in [0.15, 0.2) is 89.1 Å². The Morgan fingerprint density at radius 1 is 1.00 bits per heavy atom. The lowest BCUT2D eigenvalue weighted by Gasteiger charge is -2.19. The first-order chi connectivity index (χ1) is 17.3. The number of aromatic nitrogens is 3. The summed E-state index contributed by atoms with van der Waals surface area (Å²) in [5, 5.41) is 13.6. The maximum absolute atomic E-state index is 12.4. The van der Waals surface area contributed by atoms with Crippen LogP contribution in [0.2, 0.25) is 0 Å². The summed E-state index contributed by atoms with van der Waals surface area (Å²) in [7, 11) is 1.62. The molecular formula is C28H29N5O2S. The number of hydrogen-bond donors (Lipinski definition) is 1. The molecule has 3 aromatic carbocycles. The molecule has 0 radical (unpaired) electrons. The van der Waals surface area contributed by atoms with Crippen LogP contribution in [0.25, 0.3) is 17.1 Å². The fourth-order valence-corrected chi connectivity index (χ4v) is 4.25. The highest BCUT2D eigenvalue weighted by Crippen LogP contribution is 2.30. The van der Waals surface area contributed by atoms with Crippen molar-refractivity contribution in [3.8, 4) is 22.8 Å². The van der Waals surface area contributed by atoms with E-state index in [0.29, 0.717) is 5.16 Å². The van der Waals surface area contributed by atoms with Crippen molar-refractivity contribution in [2.75, 3.05) is 12.9 Å². The number of para-hydroxylation sites is 1. The third-order valence-electron chi connectivity index (χ3n) is 5.51. The van der Waals surface area contributed by atoms with Crippen LogP contribution in [0.4, 0.5) is 0 Å². The molecule has 4 rings (SSSR count). The number of carbonyl (C=O) groups is 1. The molecule has 4 aromatic rings. The van der Waals surface area contributed by atoms with Crippen molar-refractivity contribution in [3.63, 3.8) is 0 Å². The number of nitrogens with zero attached hydrogens (tertiary/aromatic N) is 4. The maximum Gasteiger partial charge on any atom is 0.250 e. The molecule has 1 aromatic heterocycles. The summed E-state index contributed by atoms with van der Waals surface area (Å²) < 4.78 is 7.12. The summed E-state index contributed by atoms with van der Waals surface area (Å²) in [6.07, 6.45) is 1.59. The van der Waals surface area contributed by atoms with E-state index in [1.54, 1.807) is 13.3 Å². The minimum absolute atomic E-state index is 0.0653. The van der Waals surface area contributed by atoms with Gasteiger partial charge in [0.25, 0.3) is 5.91 Å². The van der Waals surface area contributed by atoms with Gasteiger partial charge in [-0.05, 0) is 52.9 Å². The van der Waals surface area contributed by atoms with E-state index in [0.717, 1.165) is 28.4 Å². The summed E-state index contributed by atoms with van der Waals surface area (Å²) in [6, 6.07) is 25.7. The van der Waals surface area contributed by atoms with E-state index < -0.39 is 0 Å². The molecule has 0 bridgehead atoms. The second-order valence-corrected chi connectivity index (χ2v) is 10.1. The number of thioether (sulfide) groups is 1. The predicted molar refractivity (Wildman–Crippen MR) is 145 cm³/mol. The largest absolute Gasteiger partial charge is 0.497 e. The van der Waals surface area contributed by atoms with Gasteiger partial charge in [-0.25, -0.2) is 5.43 Å². The van der Waals surface area contributed by atoms with Crippen molar-refractivity contribution >= 4 is 23.9 Å². The van der Waals surface area contributed by atoms with E-state index in [9.17, 15) is 4.79 Å². The Bertz CT molecular complexity index is 1330. The molecule has 0 aliphatic heterocycles. The number of amides is 1. The molecule has 184 valence electrons. The first kappa shape index (κ1) is 25.2. The van der Waals surface area contributed by atoms with Crippen molar-refractivity contribution < 1.29 is 9.53 Å². The van der Waals surface area contributed by atoms with Gasteiger partial charge in [0.05, 0.1) is 19.1 Å².